The molecule has 7 nitrogen and oxygen atoms in total. The molecule has 1 atom stereocenters. The van der Waals surface area contributed by atoms with E-state index in [1.807, 2.05) is 24.3 Å². The maximum atomic E-state index is 12.0. The maximum absolute atomic E-state index is 12.0. The smallest absolute Gasteiger partial charge is 0.317 e. The average molecular weight is 391 g/mol. The number of benzene rings is 2. The molecule has 0 fully saturated rings. The van der Waals surface area contributed by atoms with Crippen molar-refractivity contribution in [2.45, 2.75) is 44.4 Å². The Morgan fingerprint density at radius 1 is 1.04 bits per heavy atom. The van der Waals surface area contributed by atoms with Crippen molar-refractivity contribution in [1.29, 1.82) is 0 Å². The standard InChI is InChI=1S/C19H25N3O4S/c1-13(2)16-6-8-17(9-7-16)26-14(3)22-19(23)21-12-15-4-10-18(11-5-15)27(20,24)25/h4-11,13-14H,12H2,1-3H3,(H2,20,24,25)(H2,21,22,23). The molecule has 4 N–H and O–H groups in total. The molecular weight excluding hydrogens is 366 g/mol. The SMILES string of the molecule is CC(NC(=O)NCc1ccc(S(N)(=O)=O)cc1)Oc1ccc(C(C)C)cc1. The van der Waals surface area contributed by atoms with Crippen LogP contribution in [0.3, 0.4) is 0 Å². The molecule has 2 rings (SSSR count). The van der Waals surface area contributed by atoms with Gasteiger partial charge in [0.25, 0.3) is 0 Å². The van der Waals surface area contributed by atoms with Crippen molar-refractivity contribution in [2.24, 2.45) is 5.14 Å². The summed E-state index contributed by atoms with van der Waals surface area (Å²) >= 11 is 0. The molecule has 2 aromatic carbocycles. The summed E-state index contributed by atoms with van der Waals surface area (Å²) in [5.74, 6) is 1.12. The Hall–Kier alpha value is -2.58. The zero-order valence-corrected chi connectivity index (χ0v) is 16.4. The highest BCUT2D eigenvalue weighted by Gasteiger charge is 2.10. The van der Waals surface area contributed by atoms with Crippen LogP contribution in [0.4, 0.5) is 4.79 Å². The maximum Gasteiger partial charge on any atom is 0.317 e. The highest BCUT2D eigenvalue weighted by Crippen LogP contribution is 2.19. The molecule has 1 unspecified atom stereocenters. The molecule has 0 aliphatic carbocycles. The van der Waals surface area contributed by atoms with E-state index in [1.54, 1.807) is 19.1 Å². The number of urea groups is 1. The summed E-state index contributed by atoms with van der Waals surface area (Å²) in [7, 11) is -3.72. The fraction of sp³-hybridized carbons (Fsp3) is 0.316. The van der Waals surface area contributed by atoms with Crippen LogP contribution >= 0.6 is 0 Å². The van der Waals surface area contributed by atoms with Crippen molar-refractivity contribution in [3.05, 3.63) is 59.7 Å². The zero-order chi connectivity index (χ0) is 20.0. The molecule has 0 heterocycles. The first-order valence-corrected chi connectivity index (χ1v) is 10.1. The van der Waals surface area contributed by atoms with E-state index in [0.29, 0.717) is 11.7 Å². The van der Waals surface area contributed by atoms with Crippen LogP contribution in [0.2, 0.25) is 0 Å². The van der Waals surface area contributed by atoms with E-state index in [2.05, 4.69) is 24.5 Å². The van der Waals surface area contributed by atoms with E-state index >= 15 is 0 Å². The van der Waals surface area contributed by atoms with Gasteiger partial charge in [-0.25, -0.2) is 18.4 Å². The predicted molar refractivity (Wildman–Crippen MR) is 104 cm³/mol. The van der Waals surface area contributed by atoms with Gasteiger partial charge < -0.3 is 15.4 Å². The van der Waals surface area contributed by atoms with Gasteiger partial charge in [-0.3, -0.25) is 0 Å². The molecule has 0 radical (unpaired) electrons. The number of nitrogens with one attached hydrogen (secondary N) is 2. The van der Waals surface area contributed by atoms with E-state index in [0.717, 1.165) is 5.56 Å². The Bertz CT molecular complexity index is 863. The summed E-state index contributed by atoms with van der Waals surface area (Å²) in [6, 6.07) is 13.3. The number of primary sulfonamides is 1. The number of carbonyl (C=O) groups excluding carboxylic acids is 1. The van der Waals surface area contributed by atoms with Gasteiger partial charge in [-0.05, 0) is 48.2 Å². The lowest BCUT2D eigenvalue weighted by molar-refractivity contribution is 0.177. The number of carbonyl (C=O) groups is 1. The van der Waals surface area contributed by atoms with E-state index in [9.17, 15) is 13.2 Å². The van der Waals surface area contributed by atoms with Gasteiger partial charge in [-0.15, -0.1) is 0 Å². The number of sulfonamides is 1. The van der Waals surface area contributed by atoms with Crippen LogP contribution in [-0.2, 0) is 16.6 Å². The highest BCUT2D eigenvalue weighted by atomic mass is 32.2. The van der Waals surface area contributed by atoms with E-state index in [4.69, 9.17) is 9.88 Å². The van der Waals surface area contributed by atoms with Gasteiger partial charge in [0.05, 0.1) is 4.90 Å². The fourth-order valence-corrected chi connectivity index (χ4v) is 2.90. The van der Waals surface area contributed by atoms with Gasteiger partial charge in [-0.2, -0.15) is 0 Å². The Balaban J connectivity index is 1.81. The summed E-state index contributed by atoms with van der Waals surface area (Å²) < 4.78 is 28.1. The lowest BCUT2D eigenvalue weighted by atomic mass is 10.0. The van der Waals surface area contributed by atoms with Crippen LogP contribution in [-0.4, -0.2) is 20.7 Å². The van der Waals surface area contributed by atoms with Gasteiger partial charge in [0, 0.05) is 6.54 Å². The number of hydrogen-bond donors (Lipinski definition) is 3. The topological polar surface area (TPSA) is 111 Å². The van der Waals surface area contributed by atoms with Crippen LogP contribution in [0.5, 0.6) is 5.75 Å². The monoisotopic (exact) mass is 391 g/mol. The van der Waals surface area contributed by atoms with E-state index in [1.165, 1.54) is 17.7 Å². The largest absolute Gasteiger partial charge is 0.471 e. The fourth-order valence-electron chi connectivity index (χ4n) is 2.38. The van der Waals surface area contributed by atoms with Crippen molar-refractivity contribution in [3.63, 3.8) is 0 Å². The van der Waals surface area contributed by atoms with E-state index < -0.39 is 22.3 Å². The zero-order valence-electron chi connectivity index (χ0n) is 15.6. The number of rotatable bonds is 7. The highest BCUT2D eigenvalue weighted by molar-refractivity contribution is 7.89. The lowest BCUT2D eigenvalue weighted by Crippen LogP contribution is -2.43. The minimum Gasteiger partial charge on any atom is -0.471 e. The second-order valence-electron chi connectivity index (χ2n) is 6.50. The van der Waals surface area contributed by atoms with Crippen molar-refractivity contribution in [1.82, 2.24) is 10.6 Å². The molecule has 0 spiro atoms. The van der Waals surface area contributed by atoms with Crippen LogP contribution in [0, 0.1) is 0 Å². The molecule has 0 aliphatic heterocycles. The van der Waals surface area contributed by atoms with Crippen molar-refractivity contribution < 1.29 is 17.9 Å². The van der Waals surface area contributed by atoms with Crippen molar-refractivity contribution >= 4 is 16.1 Å². The molecule has 8 heteroatoms. The van der Waals surface area contributed by atoms with Crippen LogP contribution in [0.15, 0.2) is 53.4 Å². The normalized spacial score (nSPS) is 12.5. The van der Waals surface area contributed by atoms with Gasteiger partial charge in [-0.1, -0.05) is 38.1 Å². The summed E-state index contributed by atoms with van der Waals surface area (Å²) in [4.78, 5) is 12.0. The van der Waals surface area contributed by atoms with Crippen molar-refractivity contribution in [3.8, 4) is 5.75 Å². The Morgan fingerprint density at radius 3 is 2.15 bits per heavy atom. The van der Waals surface area contributed by atoms with Gasteiger partial charge >= 0.3 is 6.03 Å². The van der Waals surface area contributed by atoms with Gasteiger partial charge in [0.1, 0.15) is 5.75 Å². The number of amides is 2. The molecule has 146 valence electrons. The number of ether oxygens (including phenoxy) is 1. The Kier molecular flexibility index (Phi) is 6.81. The predicted octanol–water partition coefficient (Wildman–Crippen LogP) is 2.68. The molecule has 0 aliphatic rings. The van der Waals surface area contributed by atoms with Crippen LogP contribution < -0.4 is 20.5 Å². The summed E-state index contributed by atoms with van der Waals surface area (Å²) in [5.41, 5.74) is 1.96. The van der Waals surface area contributed by atoms with Crippen LogP contribution in [0.25, 0.3) is 0 Å². The summed E-state index contributed by atoms with van der Waals surface area (Å²) in [5, 5.41) is 10.4. The summed E-state index contributed by atoms with van der Waals surface area (Å²) in [6.07, 6.45) is -0.514. The number of nitrogens with two attached hydrogens (primary N) is 1. The third-order valence-electron chi connectivity index (χ3n) is 3.90. The molecule has 2 aromatic rings. The summed E-state index contributed by atoms with van der Waals surface area (Å²) in [6.45, 7) is 6.21. The second-order valence-corrected chi connectivity index (χ2v) is 8.06. The second kappa shape index (κ2) is 8.88. The van der Waals surface area contributed by atoms with Gasteiger partial charge in [0.15, 0.2) is 6.23 Å². The molecular formula is C19H25N3O4S. The third-order valence-corrected chi connectivity index (χ3v) is 4.83. The molecule has 27 heavy (non-hydrogen) atoms. The molecule has 0 saturated heterocycles. The first-order chi connectivity index (χ1) is 12.6. The van der Waals surface area contributed by atoms with Gasteiger partial charge in [0.2, 0.25) is 10.0 Å². The molecule has 0 bridgehead atoms. The molecule has 0 aromatic heterocycles. The lowest BCUT2D eigenvalue weighted by Gasteiger charge is -2.17. The molecule has 2 amide bonds. The Labute approximate surface area is 160 Å². The first kappa shape index (κ1) is 20.7. The van der Waals surface area contributed by atoms with Crippen molar-refractivity contribution in [2.75, 3.05) is 0 Å². The molecule has 0 saturated carbocycles. The minimum absolute atomic E-state index is 0.0289. The van der Waals surface area contributed by atoms with Crippen LogP contribution in [0.1, 0.15) is 37.8 Å². The van der Waals surface area contributed by atoms with E-state index in [-0.39, 0.29) is 11.4 Å². The number of hydrogen-bond acceptors (Lipinski definition) is 4. The average Bonchev–Trinajstić information content (AvgIpc) is 2.60. The quantitative estimate of drug-likeness (QED) is 0.630. The minimum atomic E-state index is -3.72. The first-order valence-electron chi connectivity index (χ1n) is 8.58. The Morgan fingerprint density at radius 2 is 1.63 bits per heavy atom. The third kappa shape index (κ3) is 6.58.